The molecule has 2 aromatic carbocycles. The molecule has 0 aliphatic heterocycles. The first-order valence-electron chi connectivity index (χ1n) is 10.9. The van der Waals surface area contributed by atoms with E-state index in [0.717, 1.165) is 22.6 Å². The SMILES string of the molecule is Cc1oc(-c2ccccc2)nc1CCOc1ccc(C[C@@H](C(=O)NS(=O)(=O)O)n2cccc2)cc1. The Morgan fingerprint density at radius 3 is 2.43 bits per heavy atom. The summed E-state index contributed by atoms with van der Waals surface area (Å²) in [6.07, 6.45) is 4.10. The van der Waals surface area contributed by atoms with Crippen LogP contribution in [-0.4, -0.2) is 35.0 Å². The number of carbonyl (C=O) groups is 1. The van der Waals surface area contributed by atoms with E-state index in [9.17, 15) is 13.2 Å². The maximum absolute atomic E-state index is 12.4. The van der Waals surface area contributed by atoms with Gasteiger partial charge in [-0.25, -0.2) is 9.71 Å². The van der Waals surface area contributed by atoms with Crippen LogP contribution in [0.3, 0.4) is 0 Å². The lowest BCUT2D eigenvalue weighted by atomic mass is 10.1. The van der Waals surface area contributed by atoms with E-state index in [0.29, 0.717) is 24.7 Å². The molecule has 1 amide bonds. The van der Waals surface area contributed by atoms with Crippen molar-refractivity contribution in [2.45, 2.75) is 25.8 Å². The highest BCUT2D eigenvalue weighted by Crippen LogP contribution is 2.22. The predicted molar refractivity (Wildman–Crippen MR) is 129 cm³/mol. The van der Waals surface area contributed by atoms with Gasteiger partial charge in [-0.05, 0) is 48.9 Å². The van der Waals surface area contributed by atoms with Crippen molar-refractivity contribution in [3.05, 3.63) is 96.1 Å². The number of carbonyl (C=O) groups excluding carboxylic acids is 1. The first-order valence-corrected chi connectivity index (χ1v) is 12.4. The lowest BCUT2D eigenvalue weighted by Crippen LogP contribution is -2.37. The Kier molecular flexibility index (Phi) is 7.33. The van der Waals surface area contributed by atoms with Crippen molar-refractivity contribution in [3.63, 3.8) is 0 Å². The molecule has 2 N–H and O–H groups in total. The van der Waals surface area contributed by atoms with Crippen LogP contribution < -0.4 is 9.46 Å². The van der Waals surface area contributed by atoms with E-state index < -0.39 is 22.3 Å². The standard InChI is InChI=1S/C25H25N3O6S/c1-18-22(26-25(34-18)20-7-3-2-4-8-20)13-16-33-21-11-9-19(10-12-21)17-23(28-14-5-6-15-28)24(29)27-35(30,31)32/h2-12,14-15,23H,13,16-17H2,1H3,(H,27,29)(H,30,31,32)/t23-/m0/s1. The smallest absolute Gasteiger partial charge is 0.359 e. The van der Waals surface area contributed by atoms with E-state index in [-0.39, 0.29) is 6.42 Å². The highest BCUT2D eigenvalue weighted by Gasteiger charge is 2.23. The van der Waals surface area contributed by atoms with Gasteiger partial charge in [-0.15, -0.1) is 0 Å². The van der Waals surface area contributed by atoms with E-state index in [1.165, 1.54) is 0 Å². The molecule has 0 aliphatic carbocycles. The van der Waals surface area contributed by atoms with Crippen molar-refractivity contribution in [1.82, 2.24) is 14.3 Å². The molecule has 0 bridgehead atoms. The largest absolute Gasteiger partial charge is 0.493 e. The summed E-state index contributed by atoms with van der Waals surface area (Å²) in [5.74, 6) is 1.15. The summed E-state index contributed by atoms with van der Waals surface area (Å²) in [7, 11) is -4.65. The van der Waals surface area contributed by atoms with Crippen molar-refractivity contribution in [1.29, 1.82) is 0 Å². The fourth-order valence-corrected chi connectivity index (χ4v) is 4.05. The summed E-state index contributed by atoms with van der Waals surface area (Å²) in [4.78, 5) is 17.0. The Morgan fingerprint density at radius 2 is 1.77 bits per heavy atom. The van der Waals surface area contributed by atoms with Crippen molar-refractivity contribution >= 4 is 16.2 Å². The third-order valence-corrected chi connectivity index (χ3v) is 5.85. The Bertz CT molecular complexity index is 1360. The zero-order chi connectivity index (χ0) is 24.8. The van der Waals surface area contributed by atoms with Crippen molar-refractivity contribution in [2.75, 3.05) is 6.61 Å². The molecule has 35 heavy (non-hydrogen) atoms. The lowest BCUT2D eigenvalue weighted by molar-refractivity contribution is -0.122. The molecule has 9 nitrogen and oxygen atoms in total. The maximum atomic E-state index is 12.4. The number of hydrogen-bond acceptors (Lipinski definition) is 6. The number of nitrogens with zero attached hydrogens (tertiary/aromatic N) is 2. The molecule has 182 valence electrons. The third kappa shape index (κ3) is 6.58. The number of aromatic nitrogens is 2. The Labute approximate surface area is 203 Å². The molecular weight excluding hydrogens is 470 g/mol. The third-order valence-electron chi connectivity index (χ3n) is 5.39. The van der Waals surface area contributed by atoms with Crippen molar-refractivity contribution in [2.24, 2.45) is 0 Å². The molecule has 1 atom stereocenters. The second-order valence-corrected chi connectivity index (χ2v) is 9.08. The Hall–Kier alpha value is -3.89. The number of amides is 1. The fourth-order valence-electron chi connectivity index (χ4n) is 3.66. The summed E-state index contributed by atoms with van der Waals surface area (Å²) in [5, 5.41) is 0. The monoisotopic (exact) mass is 495 g/mol. The van der Waals surface area contributed by atoms with E-state index in [1.54, 1.807) is 58.1 Å². The molecule has 2 aromatic heterocycles. The van der Waals surface area contributed by atoms with Gasteiger partial charge >= 0.3 is 10.3 Å². The number of oxazole rings is 1. The highest BCUT2D eigenvalue weighted by molar-refractivity contribution is 7.84. The van der Waals surface area contributed by atoms with Gasteiger partial charge in [0.05, 0.1) is 12.3 Å². The number of benzene rings is 2. The molecule has 4 rings (SSSR count). The van der Waals surface area contributed by atoms with Gasteiger partial charge in [-0.2, -0.15) is 8.42 Å². The van der Waals surface area contributed by atoms with Gasteiger partial charge in [0, 0.05) is 30.8 Å². The van der Waals surface area contributed by atoms with Crippen LogP contribution >= 0.6 is 0 Å². The number of ether oxygens (including phenoxy) is 1. The van der Waals surface area contributed by atoms with Crippen LogP contribution in [0.4, 0.5) is 0 Å². The molecule has 0 fully saturated rings. The van der Waals surface area contributed by atoms with Crippen LogP contribution in [0.1, 0.15) is 23.1 Å². The van der Waals surface area contributed by atoms with Gasteiger partial charge < -0.3 is 13.7 Å². The lowest BCUT2D eigenvalue weighted by Gasteiger charge is -2.18. The second kappa shape index (κ2) is 10.6. The molecule has 0 aliphatic rings. The summed E-state index contributed by atoms with van der Waals surface area (Å²) >= 11 is 0. The molecule has 4 aromatic rings. The molecular formula is C25H25N3O6S. The first kappa shape index (κ1) is 24.2. The van der Waals surface area contributed by atoms with Crippen molar-refractivity contribution in [3.8, 4) is 17.2 Å². The minimum atomic E-state index is -4.65. The van der Waals surface area contributed by atoms with Gasteiger partial charge in [0.1, 0.15) is 17.6 Å². The zero-order valence-electron chi connectivity index (χ0n) is 19.0. The summed E-state index contributed by atoms with van der Waals surface area (Å²) in [6, 6.07) is 19.5. The predicted octanol–water partition coefficient (Wildman–Crippen LogP) is 3.78. The normalized spacial score (nSPS) is 12.3. The minimum Gasteiger partial charge on any atom is -0.493 e. The summed E-state index contributed by atoms with van der Waals surface area (Å²) in [6.45, 7) is 2.28. The summed E-state index contributed by atoms with van der Waals surface area (Å²) in [5.41, 5.74) is 2.54. The Morgan fingerprint density at radius 1 is 1.09 bits per heavy atom. The highest BCUT2D eigenvalue weighted by atomic mass is 32.2. The molecule has 0 radical (unpaired) electrons. The minimum absolute atomic E-state index is 0.219. The zero-order valence-corrected chi connectivity index (χ0v) is 19.8. The van der Waals surface area contributed by atoms with Crippen LogP contribution in [0.25, 0.3) is 11.5 Å². The number of hydrogen-bond donors (Lipinski definition) is 2. The van der Waals surface area contributed by atoms with Crippen molar-refractivity contribution < 1.29 is 26.9 Å². The van der Waals surface area contributed by atoms with Gasteiger partial charge in [-0.3, -0.25) is 9.35 Å². The van der Waals surface area contributed by atoms with E-state index in [1.807, 2.05) is 37.3 Å². The van der Waals surface area contributed by atoms with Crippen LogP contribution in [0.2, 0.25) is 0 Å². The van der Waals surface area contributed by atoms with Gasteiger partial charge in [0.15, 0.2) is 0 Å². The summed E-state index contributed by atoms with van der Waals surface area (Å²) < 4.78 is 46.0. The van der Waals surface area contributed by atoms with Crippen LogP contribution in [-0.2, 0) is 27.9 Å². The first-order chi connectivity index (χ1) is 16.8. The molecule has 10 heteroatoms. The maximum Gasteiger partial charge on any atom is 0.359 e. The van der Waals surface area contributed by atoms with E-state index in [2.05, 4.69) is 4.98 Å². The molecule has 0 saturated carbocycles. The average molecular weight is 496 g/mol. The number of nitrogens with one attached hydrogen (secondary N) is 1. The number of aryl methyl sites for hydroxylation is 1. The molecule has 0 unspecified atom stereocenters. The molecule has 0 spiro atoms. The van der Waals surface area contributed by atoms with Crippen LogP contribution in [0.15, 0.2) is 83.5 Å². The number of rotatable bonds is 10. The molecule has 0 saturated heterocycles. The van der Waals surface area contributed by atoms with E-state index in [4.69, 9.17) is 13.7 Å². The molecule has 2 heterocycles. The van der Waals surface area contributed by atoms with Crippen LogP contribution in [0.5, 0.6) is 5.75 Å². The van der Waals surface area contributed by atoms with Gasteiger partial charge in [0.25, 0.3) is 5.91 Å². The van der Waals surface area contributed by atoms with Gasteiger partial charge in [0.2, 0.25) is 5.89 Å². The fraction of sp³-hybridized carbons (Fsp3) is 0.200. The topological polar surface area (TPSA) is 124 Å². The quantitative estimate of drug-likeness (QED) is 0.321. The Balaban J connectivity index is 1.36. The van der Waals surface area contributed by atoms with E-state index >= 15 is 0 Å². The van der Waals surface area contributed by atoms with Gasteiger partial charge in [-0.1, -0.05) is 30.3 Å². The van der Waals surface area contributed by atoms with Crippen LogP contribution in [0, 0.1) is 6.92 Å². The average Bonchev–Trinajstić information content (AvgIpc) is 3.48. The second-order valence-electron chi connectivity index (χ2n) is 7.92.